The van der Waals surface area contributed by atoms with Crippen molar-refractivity contribution < 1.29 is 4.74 Å². The molecule has 0 aromatic heterocycles. The van der Waals surface area contributed by atoms with E-state index in [1.54, 1.807) is 7.11 Å². The van der Waals surface area contributed by atoms with Crippen molar-refractivity contribution in [3.05, 3.63) is 64.7 Å². The fourth-order valence-electron chi connectivity index (χ4n) is 3.06. The van der Waals surface area contributed by atoms with E-state index in [9.17, 15) is 0 Å². The third-order valence-electron chi connectivity index (χ3n) is 4.46. The first-order chi connectivity index (χ1) is 10.3. The van der Waals surface area contributed by atoms with Crippen molar-refractivity contribution >= 4 is 0 Å². The lowest BCUT2D eigenvalue weighted by atomic mass is 10.0. The van der Waals surface area contributed by atoms with E-state index in [0.717, 1.165) is 38.2 Å². The van der Waals surface area contributed by atoms with Gasteiger partial charge in [-0.05, 0) is 54.2 Å². The van der Waals surface area contributed by atoms with E-state index in [0.29, 0.717) is 0 Å². The fraction of sp³-hybridized carbons (Fsp3) is 0.368. The molecule has 0 spiro atoms. The molecule has 0 saturated carbocycles. The van der Waals surface area contributed by atoms with Crippen LogP contribution in [0.15, 0.2) is 42.5 Å². The molecular formula is C19H23NO. The summed E-state index contributed by atoms with van der Waals surface area (Å²) in [4.78, 5) is 2.56. The summed E-state index contributed by atoms with van der Waals surface area (Å²) in [6, 6.07) is 15.2. The average Bonchev–Trinajstić information content (AvgIpc) is 2.71. The number of ether oxygens (including phenoxy) is 1. The summed E-state index contributed by atoms with van der Waals surface area (Å²) in [7, 11) is 1.74. The normalized spacial score (nSPS) is 15.3. The molecule has 0 aliphatic carbocycles. The highest BCUT2D eigenvalue weighted by molar-refractivity contribution is 5.37. The van der Waals surface area contributed by atoms with Gasteiger partial charge >= 0.3 is 0 Å². The molecule has 1 heterocycles. The van der Waals surface area contributed by atoms with Gasteiger partial charge in [0.05, 0.1) is 7.11 Å². The standard InChI is InChI=1S/C19H23NO/c1-15-5-3-4-6-18(15)14-20-11-9-16-7-8-19(21-2)13-17(16)10-12-20/h3-8,13H,9-12,14H2,1-2H3. The zero-order valence-corrected chi connectivity index (χ0v) is 12.9. The number of benzene rings is 2. The van der Waals surface area contributed by atoms with Crippen molar-refractivity contribution in [3.8, 4) is 5.75 Å². The third-order valence-corrected chi connectivity index (χ3v) is 4.46. The highest BCUT2D eigenvalue weighted by Crippen LogP contribution is 2.22. The van der Waals surface area contributed by atoms with Crippen LogP contribution in [0.5, 0.6) is 5.75 Å². The Morgan fingerprint density at radius 3 is 2.52 bits per heavy atom. The van der Waals surface area contributed by atoms with E-state index in [1.165, 1.54) is 22.3 Å². The third kappa shape index (κ3) is 3.27. The molecule has 2 nitrogen and oxygen atoms in total. The van der Waals surface area contributed by atoms with Crippen LogP contribution in [0.1, 0.15) is 22.3 Å². The zero-order valence-electron chi connectivity index (χ0n) is 12.9. The predicted octanol–water partition coefficient (Wildman–Crippen LogP) is 3.60. The topological polar surface area (TPSA) is 12.5 Å². The Kier molecular flexibility index (Phi) is 4.26. The Bertz CT molecular complexity index is 621. The van der Waals surface area contributed by atoms with Gasteiger partial charge in [-0.25, -0.2) is 0 Å². The highest BCUT2D eigenvalue weighted by Gasteiger charge is 2.15. The van der Waals surface area contributed by atoms with E-state index in [2.05, 4.69) is 54.3 Å². The summed E-state index contributed by atoms with van der Waals surface area (Å²) >= 11 is 0. The van der Waals surface area contributed by atoms with Crippen LogP contribution >= 0.6 is 0 Å². The number of hydrogen-bond donors (Lipinski definition) is 0. The number of rotatable bonds is 3. The maximum atomic E-state index is 5.35. The first-order valence-electron chi connectivity index (χ1n) is 7.69. The van der Waals surface area contributed by atoms with E-state index >= 15 is 0 Å². The Balaban J connectivity index is 1.71. The summed E-state index contributed by atoms with van der Waals surface area (Å²) in [5.74, 6) is 0.973. The molecule has 110 valence electrons. The Hall–Kier alpha value is -1.80. The molecule has 2 aromatic rings. The molecule has 0 N–H and O–H groups in total. The van der Waals surface area contributed by atoms with E-state index < -0.39 is 0 Å². The Morgan fingerprint density at radius 2 is 1.76 bits per heavy atom. The monoisotopic (exact) mass is 281 g/mol. The number of methoxy groups -OCH3 is 1. The molecule has 0 radical (unpaired) electrons. The molecule has 0 saturated heterocycles. The van der Waals surface area contributed by atoms with Crippen LogP contribution in [0.4, 0.5) is 0 Å². The first-order valence-corrected chi connectivity index (χ1v) is 7.69. The van der Waals surface area contributed by atoms with Crippen molar-refractivity contribution in [1.82, 2.24) is 4.90 Å². The van der Waals surface area contributed by atoms with Crippen LogP contribution in [0.2, 0.25) is 0 Å². The van der Waals surface area contributed by atoms with Crippen LogP contribution in [-0.2, 0) is 19.4 Å². The molecule has 1 aliphatic heterocycles. The van der Waals surface area contributed by atoms with Gasteiger partial charge in [-0.3, -0.25) is 4.90 Å². The van der Waals surface area contributed by atoms with Gasteiger partial charge < -0.3 is 4.74 Å². The van der Waals surface area contributed by atoms with E-state index in [-0.39, 0.29) is 0 Å². The molecule has 0 fully saturated rings. The van der Waals surface area contributed by atoms with Crippen molar-refractivity contribution in [2.75, 3.05) is 20.2 Å². The molecule has 3 rings (SSSR count). The molecule has 2 heteroatoms. The van der Waals surface area contributed by atoms with Crippen LogP contribution < -0.4 is 4.74 Å². The minimum absolute atomic E-state index is 0.973. The lowest BCUT2D eigenvalue weighted by molar-refractivity contribution is 0.279. The Morgan fingerprint density at radius 1 is 1.00 bits per heavy atom. The number of fused-ring (bicyclic) bond motifs is 1. The minimum Gasteiger partial charge on any atom is -0.497 e. The summed E-state index contributed by atoms with van der Waals surface area (Å²) in [5, 5.41) is 0. The lowest BCUT2D eigenvalue weighted by Crippen LogP contribution is -2.26. The number of hydrogen-bond acceptors (Lipinski definition) is 2. The van der Waals surface area contributed by atoms with Gasteiger partial charge in [0.1, 0.15) is 5.75 Å². The average molecular weight is 281 g/mol. The second kappa shape index (κ2) is 6.31. The van der Waals surface area contributed by atoms with Crippen molar-refractivity contribution in [3.63, 3.8) is 0 Å². The molecule has 1 aliphatic rings. The molecule has 0 amide bonds. The van der Waals surface area contributed by atoms with Gasteiger partial charge in [0.25, 0.3) is 0 Å². The predicted molar refractivity (Wildman–Crippen MR) is 86.9 cm³/mol. The summed E-state index contributed by atoms with van der Waals surface area (Å²) in [6.45, 7) is 5.51. The smallest absolute Gasteiger partial charge is 0.119 e. The molecule has 0 bridgehead atoms. The summed E-state index contributed by atoms with van der Waals surface area (Å²) in [6.07, 6.45) is 2.24. The molecule has 2 aromatic carbocycles. The van der Waals surface area contributed by atoms with Crippen LogP contribution in [0.25, 0.3) is 0 Å². The summed E-state index contributed by atoms with van der Waals surface area (Å²) < 4.78 is 5.35. The van der Waals surface area contributed by atoms with E-state index in [4.69, 9.17) is 4.74 Å². The number of aryl methyl sites for hydroxylation is 1. The van der Waals surface area contributed by atoms with Crippen molar-refractivity contribution in [2.45, 2.75) is 26.3 Å². The zero-order chi connectivity index (χ0) is 14.7. The first kappa shape index (κ1) is 14.2. The SMILES string of the molecule is COc1ccc2c(c1)CCN(Cc1ccccc1C)CC2. The van der Waals surface area contributed by atoms with E-state index in [1.807, 2.05) is 0 Å². The molecule has 0 unspecified atom stereocenters. The maximum Gasteiger partial charge on any atom is 0.119 e. The Labute approximate surface area is 127 Å². The molecular weight excluding hydrogens is 258 g/mol. The van der Waals surface area contributed by atoms with Gasteiger partial charge in [0, 0.05) is 19.6 Å². The lowest BCUT2D eigenvalue weighted by Gasteiger charge is -2.20. The molecule has 21 heavy (non-hydrogen) atoms. The van der Waals surface area contributed by atoms with Gasteiger partial charge in [0.15, 0.2) is 0 Å². The van der Waals surface area contributed by atoms with Gasteiger partial charge in [-0.2, -0.15) is 0 Å². The minimum atomic E-state index is 0.973. The van der Waals surface area contributed by atoms with Crippen molar-refractivity contribution in [1.29, 1.82) is 0 Å². The van der Waals surface area contributed by atoms with Crippen molar-refractivity contribution in [2.24, 2.45) is 0 Å². The fourth-order valence-corrected chi connectivity index (χ4v) is 3.06. The highest BCUT2D eigenvalue weighted by atomic mass is 16.5. The van der Waals surface area contributed by atoms with Crippen LogP contribution in [0.3, 0.4) is 0 Å². The second-order valence-corrected chi connectivity index (χ2v) is 5.84. The maximum absolute atomic E-state index is 5.35. The quantitative estimate of drug-likeness (QED) is 0.852. The van der Waals surface area contributed by atoms with Gasteiger partial charge in [-0.1, -0.05) is 30.3 Å². The van der Waals surface area contributed by atoms with Crippen LogP contribution in [-0.4, -0.2) is 25.1 Å². The van der Waals surface area contributed by atoms with Crippen LogP contribution in [0, 0.1) is 6.92 Å². The largest absolute Gasteiger partial charge is 0.497 e. The van der Waals surface area contributed by atoms with Gasteiger partial charge in [0.2, 0.25) is 0 Å². The number of nitrogens with zero attached hydrogens (tertiary/aromatic N) is 1. The molecule has 0 atom stereocenters. The van der Waals surface area contributed by atoms with Gasteiger partial charge in [-0.15, -0.1) is 0 Å². The second-order valence-electron chi connectivity index (χ2n) is 5.84. The summed E-state index contributed by atoms with van der Waals surface area (Å²) in [5.41, 5.74) is 5.76.